The molecule has 0 fully saturated rings. The van der Waals surface area contributed by atoms with Crippen LogP contribution >= 0.6 is 0 Å². The second-order valence-corrected chi connectivity index (χ2v) is 2.92. The van der Waals surface area contributed by atoms with E-state index in [1.165, 1.54) is 0 Å². The first kappa shape index (κ1) is 10.2. The molecule has 0 unspecified atom stereocenters. The Bertz CT molecular complexity index is 360. The van der Waals surface area contributed by atoms with Crippen molar-refractivity contribution in [3.63, 3.8) is 0 Å². The summed E-state index contributed by atoms with van der Waals surface area (Å²) < 4.78 is 0. The lowest BCUT2D eigenvalue weighted by Gasteiger charge is -2.03. The van der Waals surface area contributed by atoms with Crippen molar-refractivity contribution in [2.75, 3.05) is 0 Å². The third-order valence-electron chi connectivity index (χ3n) is 1.89. The monoisotopic (exact) mass is 193 g/mol. The van der Waals surface area contributed by atoms with Crippen LogP contribution in [0.1, 0.15) is 22.3 Å². The van der Waals surface area contributed by atoms with Crippen LogP contribution in [0, 0.1) is 0 Å². The molecule has 0 spiro atoms. The summed E-state index contributed by atoms with van der Waals surface area (Å²) in [7, 11) is 0. The fourth-order valence-electron chi connectivity index (χ4n) is 1.22. The number of primary amides is 1. The lowest BCUT2D eigenvalue weighted by atomic mass is 10.0. The van der Waals surface area contributed by atoms with Gasteiger partial charge in [0, 0.05) is 12.0 Å². The van der Waals surface area contributed by atoms with Crippen LogP contribution in [0.15, 0.2) is 24.3 Å². The van der Waals surface area contributed by atoms with E-state index in [-0.39, 0.29) is 6.42 Å². The Labute approximate surface area is 81.3 Å². The average molecular weight is 193 g/mol. The largest absolute Gasteiger partial charge is 0.481 e. The number of benzene rings is 1. The molecule has 0 aliphatic heterocycles. The SMILES string of the molecule is NC(=O)c1ccccc1CCC(=O)O. The van der Waals surface area contributed by atoms with E-state index in [1.54, 1.807) is 24.3 Å². The van der Waals surface area contributed by atoms with Gasteiger partial charge in [0.25, 0.3) is 0 Å². The average Bonchev–Trinajstić information content (AvgIpc) is 2.15. The summed E-state index contributed by atoms with van der Waals surface area (Å²) >= 11 is 0. The topological polar surface area (TPSA) is 80.4 Å². The smallest absolute Gasteiger partial charge is 0.303 e. The van der Waals surface area contributed by atoms with Gasteiger partial charge in [-0.25, -0.2) is 0 Å². The Morgan fingerprint density at radius 3 is 2.50 bits per heavy atom. The third-order valence-corrected chi connectivity index (χ3v) is 1.89. The molecular weight excluding hydrogens is 182 g/mol. The van der Waals surface area contributed by atoms with Gasteiger partial charge in [0.2, 0.25) is 5.91 Å². The number of carboxylic acids is 1. The van der Waals surface area contributed by atoms with Crippen molar-refractivity contribution in [1.29, 1.82) is 0 Å². The minimum Gasteiger partial charge on any atom is -0.481 e. The normalized spacial score (nSPS) is 9.71. The van der Waals surface area contributed by atoms with Crippen molar-refractivity contribution in [3.05, 3.63) is 35.4 Å². The van der Waals surface area contributed by atoms with Crippen LogP contribution in [0.4, 0.5) is 0 Å². The molecule has 0 aliphatic carbocycles. The predicted octanol–water partition coefficient (Wildman–Crippen LogP) is 0.803. The van der Waals surface area contributed by atoms with Crippen LogP contribution in [0.3, 0.4) is 0 Å². The van der Waals surface area contributed by atoms with Crippen molar-refractivity contribution in [2.24, 2.45) is 5.73 Å². The zero-order valence-corrected chi connectivity index (χ0v) is 7.56. The van der Waals surface area contributed by atoms with Crippen LogP contribution in [-0.2, 0) is 11.2 Å². The Kier molecular flexibility index (Phi) is 3.23. The standard InChI is InChI=1S/C10H11NO3/c11-10(14)8-4-2-1-3-7(8)5-6-9(12)13/h1-4H,5-6H2,(H2,11,14)(H,12,13). The maximum Gasteiger partial charge on any atom is 0.303 e. The number of rotatable bonds is 4. The molecular formula is C10H11NO3. The van der Waals surface area contributed by atoms with E-state index < -0.39 is 11.9 Å². The summed E-state index contributed by atoms with van der Waals surface area (Å²) in [6.07, 6.45) is 0.332. The van der Waals surface area contributed by atoms with E-state index in [9.17, 15) is 9.59 Å². The molecule has 0 atom stereocenters. The van der Waals surface area contributed by atoms with E-state index in [2.05, 4.69) is 0 Å². The molecule has 4 heteroatoms. The summed E-state index contributed by atoms with van der Waals surface area (Å²) in [5, 5.41) is 8.49. The minimum atomic E-state index is -0.885. The van der Waals surface area contributed by atoms with Gasteiger partial charge in [-0.15, -0.1) is 0 Å². The first-order valence-corrected chi connectivity index (χ1v) is 4.20. The molecule has 74 valence electrons. The van der Waals surface area contributed by atoms with Gasteiger partial charge in [-0.2, -0.15) is 0 Å². The van der Waals surface area contributed by atoms with E-state index in [4.69, 9.17) is 10.8 Å². The summed E-state index contributed by atoms with van der Waals surface area (Å²) in [6.45, 7) is 0. The fourth-order valence-corrected chi connectivity index (χ4v) is 1.22. The number of carboxylic acid groups (broad SMARTS) is 1. The number of hydrogen-bond donors (Lipinski definition) is 2. The van der Waals surface area contributed by atoms with Crippen LogP contribution in [0.2, 0.25) is 0 Å². The molecule has 0 bridgehead atoms. The highest BCUT2D eigenvalue weighted by Gasteiger charge is 2.07. The summed E-state index contributed by atoms with van der Waals surface area (Å²) in [5.41, 5.74) is 6.21. The molecule has 4 nitrogen and oxygen atoms in total. The number of amides is 1. The number of nitrogens with two attached hydrogens (primary N) is 1. The highest BCUT2D eigenvalue weighted by atomic mass is 16.4. The van der Waals surface area contributed by atoms with Gasteiger partial charge >= 0.3 is 5.97 Å². The molecule has 14 heavy (non-hydrogen) atoms. The van der Waals surface area contributed by atoms with Gasteiger partial charge in [-0.1, -0.05) is 18.2 Å². The number of hydrogen-bond acceptors (Lipinski definition) is 2. The molecule has 1 rings (SSSR count). The Balaban J connectivity index is 2.84. The molecule has 3 N–H and O–H groups in total. The lowest BCUT2D eigenvalue weighted by molar-refractivity contribution is -0.136. The van der Waals surface area contributed by atoms with Gasteiger partial charge in [0.05, 0.1) is 0 Å². The van der Waals surface area contributed by atoms with Crippen LogP contribution in [-0.4, -0.2) is 17.0 Å². The summed E-state index contributed by atoms with van der Waals surface area (Å²) in [6, 6.07) is 6.76. The lowest BCUT2D eigenvalue weighted by Crippen LogP contribution is -2.14. The minimum absolute atomic E-state index is 0.00426. The zero-order chi connectivity index (χ0) is 10.6. The molecule has 0 aliphatic rings. The molecule has 1 amide bonds. The first-order valence-electron chi connectivity index (χ1n) is 4.20. The second kappa shape index (κ2) is 4.41. The molecule has 0 saturated heterocycles. The number of carbonyl (C=O) groups is 2. The summed E-state index contributed by atoms with van der Waals surface area (Å²) in [4.78, 5) is 21.3. The van der Waals surface area contributed by atoms with Crippen molar-refractivity contribution in [3.8, 4) is 0 Å². The van der Waals surface area contributed by atoms with Crippen molar-refractivity contribution in [2.45, 2.75) is 12.8 Å². The van der Waals surface area contributed by atoms with Crippen LogP contribution < -0.4 is 5.73 Å². The molecule has 1 aromatic rings. The van der Waals surface area contributed by atoms with Gasteiger partial charge in [0.1, 0.15) is 0 Å². The Morgan fingerprint density at radius 1 is 1.29 bits per heavy atom. The van der Waals surface area contributed by atoms with Crippen LogP contribution in [0.5, 0.6) is 0 Å². The molecule has 0 radical (unpaired) electrons. The van der Waals surface area contributed by atoms with Crippen molar-refractivity contribution < 1.29 is 14.7 Å². The maximum absolute atomic E-state index is 10.9. The summed E-state index contributed by atoms with van der Waals surface area (Å²) in [5.74, 6) is -1.41. The molecule has 0 heterocycles. The highest BCUT2D eigenvalue weighted by Crippen LogP contribution is 2.10. The van der Waals surface area contributed by atoms with E-state index in [0.717, 1.165) is 0 Å². The Morgan fingerprint density at radius 2 is 1.93 bits per heavy atom. The number of aryl methyl sites for hydroxylation is 1. The van der Waals surface area contributed by atoms with E-state index in [1.807, 2.05) is 0 Å². The molecule has 0 aromatic heterocycles. The van der Waals surface area contributed by atoms with Gasteiger partial charge in [-0.3, -0.25) is 9.59 Å². The molecule has 1 aromatic carbocycles. The second-order valence-electron chi connectivity index (χ2n) is 2.92. The van der Waals surface area contributed by atoms with E-state index in [0.29, 0.717) is 17.5 Å². The van der Waals surface area contributed by atoms with Crippen molar-refractivity contribution in [1.82, 2.24) is 0 Å². The van der Waals surface area contributed by atoms with E-state index >= 15 is 0 Å². The zero-order valence-electron chi connectivity index (χ0n) is 7.56. The molecule has 0 saturated carbocycles. The first-order chi connectivity index (χ1) is 6.61. The van der Waals surface area contributed by atoms with Gasteiger partial charge in [0.15, 0.2) is 0 Å². The van der Waals surface area contributed by atoms with Crippen molar-refractivity contribution >= 4 is 11.9 Å². The van der Waals surface area contributed by atoms with Gasteiger partial charge in [-0.05, 0) is 18.1 Å². The number of aliphatic carboxylic acids is 1. The van der Waals surface area contributed by atoms with Crippen LogP contribution in [0.25, 0.3) is 0 Å². The number of carbonyl (C=O) groups excluding carboxylic acids is 1. The maximum atomic E-state index is 10.9. The quantitative estimate of drug-likeness (QED) is 0.742. The van der Waals surface area contributed by atoms with Gasteiger partial charge < -0.3 is 10.8 Å². The third kappa shape index (κ3) is 2.58. The predicted molar refractivity (Wildman–Crippen MR) is 50.9 cm³/mol. The Hall–Kier alpha value is -1.84. The highest BCUT2D eigenvalue weighted by molar-refractivity contribution is 5.94. The fraction of sp³-hybridized carbons (Fsp3) is 0.200.